The highest BCUT2D eigenvalue weighted by Gasteiger charge is 2.34. The van der Waals surface area contributed by atoms with Gasteiger partial charge in [-0.15, -0.1) is 0 Å². The number of carbonyl (C=O) groups excluding carboxylic acids is 2. The molecule has 1 aliphatic rings. The molecule has 2 aromatic carbocycles. The number of halogens is 1. The maximum Gasteiger partial charge on any atom is 0.229 e. The maximum absolute atomic E-state index is 12.4. The van der Waals surface area contributed by atoms with Crippen molar-refractivity contribution in [1.82, 2.24) is 4.90 Å². The number of carbonyl (C=O) groups is 2. The molecular weight excluding hydrogens is 384 g/mol. The van der Waals surface area contributed by atoms with Crippen molar-refractivity contribution in [3.8, 4) is 5.75 Å². The number of methoxy groups -OCH3 is 1. The summed E-state index contributed by atoms with van der Waals surface area (Å²) in [7, 11) is 1.59. The second-order valence-electron chi connectivity index (χ2n) is 6.02. The molecular formula is C19H19BrN2O3. The van der Waals surface area contributed by atoms with Crippen molar-refractivity contribution < 1.29 is 14.3 Å². The third kappa shape index (κ3) is 4.39. The number of anilines is 1. The van der Waals surface area contributed by atoms with E-state index >= 15 is 0 Å². The van der Waals surface area contributed by atoms with E-state index in [-0.39, 0.29) is 24.2 Å². The first-order chi connectivity index (χ1) is 12.0. The van der Waals surface area contributed by atoms with Crippen LogP contribution in [0.5, 0.6) is 5.75 Å². The molecule has 0 bridgehead atoms. The zero-order chi connectivity index (χ0) is 17.8. The number of ether oxygens (including phenoxy) is 1. The summed E-state index contributed by atoms with van der Waals surface area (Å²) >= 11 is 3.43. The average molecular weight is 403 g/mol. The smallest absolute Gasteiger partial charge is 0.229 e. The van der Waals surface area contributed by atoms with Gasteiger partial charge in [-0.1, -0.05) is 28.1 Å². The molecule has 130 valence electrons. The zero-order valence-corrected chi connectivity index (χ0v) is 15.5. The summed E-state index contributed by atoms with van der Waals surface area (Å²) in [5.74, 6) is 0.279. The minimum Gasteiger partial charge on any atom is -0.497 e. The fraction of sp³-hybridized carbons (Fsp3) is 0.263. The lowest BCUT2D eigenvalue weighted by Crippen LogP contribution is -2.28. The summed E-state index contributed by atoms with van der Waals surface area (Å²) in [6.45, 7) is 0.956. The number of nitrogens with one attached hydrogen (secondary N) is 1. The van der Waals surface area contributed by atoms with Crippen LogP contribution in [0.4, 0.5) is 5.69 Å². The first-order valence-corrected chi connectivity index (χ1v) is 8.81. The Labute approximate surface area is 155 Å². The molecule has 2 aromatic rings. The molecule has 3 rings (SSSR count). The SMILES string of the molecule is COc1ccc(NC(=O)C2CC(=O)N(Cc3cccc(Br)c3)C2)cc1. The molecule has 0 spiro atoms. The third-order valence-electron chi connectivity index (χ3n) is 4.21. The van der Waals surface area contributed by atoms with Gasteiger partial charge in [0.15, 0.2) is 0 Å². The van der Waals surface area contributed by atoms with Crippen molar-refractivity contribution in [2.75, 3.05) is 19.0 Å². The first-order valence-electron chi connectivity index (χ1n) is 8.02. The number of nitrogens with zero attached hydrogens (tertiary/aromatic N) is 1. The van der Waals surface area contributed by atoms with Crippen molar-refractivity contribution in [1.29, 1.82) is 0 Å². The minimum absolute atomic E-state index is 0.00913. The van der Waals surface area contributed by atoms with E-state index in [0.29, 0.717) is 18.8 Å². The van der Waals surface area contributed by atoms with Gasteiger partial charge in [-0.3, -0.25) is 9.59 Å². The van der Waals surface area contributed by atoms with E-state index < -0.39 is 0 Å². The van der Waals surface area contributed by atoms with Crippen LogP contribution in [0, 0.1) is 5.92 Å². The normalized spacial score (nSPS) is 16.8. The second-order valence-corrected chi connectivity index (χ2v) is 6.94. The highest BCUT2D eigenvalue weighted by molar-refractivity contribution is 9.10. The minimum atomic E-state index is -0.332. The summed E-state index contributed by atoms with van der Waals surface area (Å²) in [6.07, 6.45) is 0.246. The van der Waals surface area contributed by atoms with Crippen molar-refractivity contribution in [3.05, 3.63) is 58.6 Å². The quantitative estimate of drug-likeness (QED) is 0.832. The fourth-order valence-corrected chi connectivity index (χ4v) is 3.32. The molecule has 0 radical (unpaired) electrons. The first kappa shape index (κ1) is 17.5. The van der Waals surface area contributed by atoms with Gasteiger partial charge in [0.05, 0.1) is 13.0 Å². The van der Waals surface area contributed by atoms with Crippen LogP contribution in [0.15, 0.2) is 53.0 Å². The van der Waals surface area contributed by atoms with Crippen LogP contribution in [0.3, 0.4) is 0 Å². The lowest BCUT2D eigenvalue weighted by atomic mass is 10.1. The van der Waals surface area contributed by atoms with Gasteiger partial charge in [0.25, 0.3) is 0 Å². The van der Waals surface area contributed by atoms with Crippen LogP contribution in [-0.2, 0) is 16.1 Å². The number of likely N-dealkylation sites (tertiary alicyclic amines) is 1. The summed E-state index contributed by atoms with van der Waals surface area (Å²) in [6, 6.07) is 15.0. The largest absolute Gasteiger partial charge is 0.497 e. The molecule has 2 amide bonds. The van der Waals surface area contributed by atoms with Gasteiger partial charge in [0, 0.05) is 29.7 Å². The van der Waals surface area contributed by atoms with Crippen LogP contribution < -0.4 is 10.1 Å². The van der Waals surface area contributed by atoms with Gasteiger partial charge < -0.3 is 15.0 Å². The highest BCUT2D eigenvalue weighted by atomic mass is 79.9. The number of hydrogen-bond acceptors (Lipinski definition) is 3. The third-order valence-corrected chi connectivity index (χ3v) is 4.70. The Balaban J connectivity index is 1.60. The average Bonchev–Trinajstić information content (AvgIpc) is 2.96. The maximum atomic E-state index is 12.4. The number of hydrogen-bond donors (Lipinski definition) is 1. The lowest BCUT2D eigenvalue weighted by molar-refractivity contribution is -0.128. The summed E-state index contributed by atoms with van der Waals surface area (Å²) in [4.78, 5) is 26.4. The Kier molecular flexibility index (Phi) is 5.38. The second kappa shape index (κ2) is 7.70. The Morgan fingerprint density at radius 3 is 2.72 bits per heavy atom. The molecule has 1 aliphatic heterocycles. The van der Waals surface area contributed by atoms with E-state index in [4.69, 9.17) is 4.74 Å². The van der Waals surface area contributed by atoms with Crippen molar-refractivity contribution in [2.24, 2.45) is 5.92 Å². The molecule has 0 aliphatic carbocycles. The van der Waals surface area contributed by atoms with Crippen molar-refractivity contribution in [3.63, 3.8) is 0 Å². The van der Waals surface area contributed by atoms with E-state index in [1.807, 2.05) is 24.3 Å². The molecule has 25 heavy (non-hydrogen) atoms. The Bertz CT molecular complexity index is 776. The van der Waals surface area contributed by atoms with Crippen LogP contribution in [0.2, 0.25) is 0 Å². The van der Waals surface area contributed by atoms with Crippen molar-refractivity contribution >= 4 is 33.4 Å². The molecule has 1 unspecified atom stereocenters. The van der Waals surface area contributed by atoms with E-state index in [1.165, 1.54) is 0 Å². The van der Waals surface area contributed by atoms with Crippen LogP contribution in [0.25, 0.3) is 0 Å². The highest BCUT2D eigenvalue weighted by Crippen LogP contribution is 2.23. The van der Waals surface area contributed by atoms with Crippen LogP contribution >= 0.6 is 15.9 Å². The van der Waals surface area contributed by atoms with Gasteiger partial charge in [0.1, 0.15) is 5.75 Å². The van der Waals surface area contributed by atoms with Gasteiger partial charge in [-0.2, -0.15) is 0 Å². The molecule has 1 fully saturated rings. The predicted octanol–water partition coefficient (Wildman–Crippen LogP) is 3.44. The van der Waals surface area contributed by atoms with Gasteiger partial charge in [-0.05, 0) is 42.0 Å². The number of rotatable bonds is 5. The zero-order valence-electron chi connectivity index (χ0n) is 13.9. The lowest BCUT2D eigenvalue weighted by Gasteiger charge is -2.17. The monoisotopic (exact) mass is 402 g/mol. The summed E-state index contributed by atoms with van der Waals surface area (Å²) in [5, 5.41) is 2.87. The van der Waals surface area contributed by atoms with E-state index in [0.717, 1.165) is 15.8 Å². The van der Waals surface area contributed by atoms with E-state index in [1.54, 1.807) is 36.3 Å². The number of benzene rings is 2. The topological polar surface area (TPSA) is 58.6 Å². The Morgan fingerprint density at radius 1 is 1.28 bits per heavy atom. The molecule has 0 aromatic heterocycles. The molecule has 1 N–H and O–H groups in total. The Morgan fingerprint density at radius 2 is 2.04 bits per heavy atom. The van der Waals surface area contributed by atoms with Crippen molar-refractivity contribution in [2.45, 2.75) is 13.0 Å². The van der Waals surface area contributed by atoms with Crippen LogP contribution in [0.1, 0.15) is 12.0 Å². The molecule has 1 heterocycles. The Hall–Kier alpha value is -2.34. The molecule has 0 saturated carbocycles. The van der Waals surface area contributed by atoms with E-state index in [9.17, 15) is 9.59 Å². The standard InChI is InChI=1S/C19H19BrN2O3/c1-25-17-7-5-16(6-8-17)21-19(24)14-10-18(23)22(12-14)11-13-3-2-4-15(20)9-13/h2-9,14H,10-12H2,1H3,(H,21,24). The number of amides is 2. The predicted molar refractivity (Wildman–Crippen MR) is 99.3 cm³/mol. The summed E-state index contributed by atoms with van der Waals surface area (Å²) in [5.41, 5.74) is 1.74. The summed E-state index contributed by atoms with van der Waals surface area (Å²) < 4.78 is 6.08. The van der Waals surface area contributed by atoms with E-state index in [2.05, 4.69) is 21.2 Å². The van der Waals surface area contributed by atoms with Gasteiger partial charge >= 0.3 is 0 Å². The molecule has 1 saturated heterocycles. The molecule has 1 atom stereocenters. The van der Waals surface area contributed by atoms with Gasteiger partial charge in [0.2, 0.25) is 11.8 Å². The molecule has 5 nitrogen and oxygen atoms in total. The van der Waals surface area contributed by atoms with Crippen LogP contribution in [-0.4, -0.2) is 30.4 Å². The molecule has 6 heteroatoms. The van der Waals surface area contributed by atoms with Gasteiger partial charge in [-0.25, -0.2) is 0 Å². The fourth-order valence-electron chi connectivity index (χ4n) is 2.87.